The summed E-state index contributed by atoms with van der Waals surface area (Å²) in [5.74, 6) is -0.393. The van der Waals surface area contributed by atoms with Crippen LogP contribution in [0.15, 0.2) is 47.9 Å². The third-order valence-electron chi connectivity index (χ3n) is 5.29. The summed E-state index contributed by atoms with van der Waals surface area (Å²) in [5, 5.41) is 4.53. The van der Waals surface area contributed by atoms with Crippen molar-refractivity contribution in [1.29, 1.82) is 0 Å². The second-order valence-electron chi connectivity index (χ2n) is 7.62. The van der Waals surface area contributed by atoms with E-state index in [0.29, 0.717) is 22.9 Å². The lowest BCUT2D eigenvalue weighted by molar-refractivity contribution is -0.116. The van der Waals surface area contributed by atoms with Gasteiger partial charge in [0.25, 0.3) is 0 Å². The Morgan fingerprint density at radius 3 is 2.65 bits per heavy atom. The Morgan fingerprint density at radius 2 is 1.97 bits per heavy atom. The van der Waals surface area contributed by atoms with E-state index < -0.39 is 15.9 Å². The number of benzene rings is 2. The lowest BCUT2D eigenvalue weighted by atomic mass is 10.1. The Bertz CT molecular complexity index is 1050. The molecule has 0 radical (unpaired) electrons. The fraction of sp³-hybridized carbons (Fsp3) is 0.348. The van der Waals surface area contributed by atoms with Crippen LogP contribution in [0.3, 0.4) is 0 Å². The number of carbonyl (C=O) groups is 1. The third kappa shape index (κ3) is 6.64. The van der Waals surface area contributed by atoms with Crippen LogP contribution in [0.4, 0.5) is 5.69 Å². The van der Waals surface area contributed by atoms with Crippen LogP contribution in [-0.2, 0) is 19.6 Å². The summed E-state index contributed by atoms with van der Waals surface area (Å²) in [7, 11) is -3.84. The van der Waals surface area contributed by atoms with Gasteiger partial charge in [-0.05, 0) is 67.7 Å². The van der Waals surface area contributed by atoms with Gasteiger partial charge in [-0.1, -0.05) is 35.9 Å². The van der Waals surface area contributed by atoms with E-state index >= 15 is 0 Å². The van der Waals surface area contributed by atoms with Gasteiger partial charge in [0.15, 0.2) is 0 Å². The Balaban J connectivity index is 1.76. The first-order valence-electron chi connectivity index (χ1n) is 10.2. The van der Waals surface area contributed by atoms with Crippen molar-refractivity contribution in [2.24, 2.45) is 0 Å². The Kier molecular flexibility index (Phi) is 7.89. The molecule has 8 heteroatoms. The molecule has 0 aromatic heterocycles. The largest absolute Gasteiger partial charge is 0.377 e. The number of amides is 1. The van der Waals surface area contributed by atoms with Crippen LogP contribution in [0.2, 0.25) is 5.02 Å². The number of anilines is 1. The molecule has 0 spiro atoms. The highest BCUT2D eigenvalue weighted by Crippen LogP contribution is 2.20. The maximum atomic E-state index is 13.0. The molecule has 1 unspecified atom stereocenters. The molecule has 0 aliphatic carbocycles. The number of ether oxygens (including phenoxy) is 1. The van der Waals surface area contributed by atoms with Gasteiger partial charge in [-0.25, -0.2) is 8.42 Å². The number of hydrogen-bond donors (Lipinski definition) is 1. The van der Waals surface area contributed by atoms with E-state index in [4.69, 9.17) is 16.3 Å². The molecule has 31 heavy (non-hydrogen) atoms. The van der Waals surface area contributed by atoms with E-state index in [9.17, 15) is 13.2 Å². The minimum absolute atomic E-state index is 0.132. The SMILES string of the molecule is Cc1cccc(NC(=O)CN(CC2CCCO2)S(=O)(=O)C=Cc2ccc(Cl)cc2)c1C. The Morgan fingerprint density at radius 1 is 1.23 bits per heavy atom. The van der Waals surface area contributed by atoms with Crippen molar-refractivity contribution in [3.63, 3.8) is 0 Å². The quantitative estimate of drug-likeness (QED) is 0.631. The number of nitrogens with zero attached hydrogens (tertiary/aromatic N) is 1. The smallest absolute Gasteiger partial charge is 0.239 e. The summed E-state index contributed by atoms with van der Waals surface area (Å²) in [5.41, 5.74) is 3.38. The van der Waals surface area contributed by atoms with E-state index in [2.05, 4.69) is 5.32 Å². The normalized spacial score (nSPS) is 16.8. The van der Waals surface area contributed by atoms with E-state index in [1.807, 2.05) is 26.0 Å². The van der Waals surface area contributed by atoms with Crippen molar-refractivity contribution in [3.05, 3.63) is 69.6 Å². The average molecular weight is 463 g/mol. The molecular weight excluding hydrogens is 436 g/mol. The predicted octanol–water partition coefficient (Wildman–Crippen LogP) is 4.38. The second kappa shape index (κ2) is 10.4. The van der Waals surface area contributed by atoms with Crippen molar-refractivity contribution in [3.8, 4) is 0 Å². The molecule has 2 aromatic carbocycles. The van der Waals surface area contributed by atoms with E-state index in [0.717, 1.165) is 29.4 Å². The first-order chi connectivity index (χ1) is 14.7. The first kappa shape index (κ1) is 23.5. The summed E-state index contributed by atoms with van der Waals surface area (Å²) < 4.78 is 32.9. The molecule has 1 saturated heterocycles. The molecule has 1 aliphatic heterocycles. The molecule has 1 N–H and O–H groups in total. The topological polar surface area (TPSA) is 75.7 Å². The monoisotopic (exact) mass is 462 g/mol. The van der Waals surface area contributed by atoms with Gasteiger partial charge in [0.05, 0.1) is 12.6 Å². The van der Waals surface area contributed by atoms with Crippen LogP contribution in [0, 0.1) is 13.8 Å². The fourth-order valence-electron chi connectivity index (χ4n) is 3.33. The third-order valence-corrected chi connectivity index (χ3v) is 7.02. The molecule has 1 heterocycles. The molecule has 1 fully saturated rings. The Hall–Kier alpha value is -2.19. The van der Waals surface area contributed by atoms with Crippen LogP contribution in [0.5, 0.6) is 0 Å². The zero-order valence-corrected chi connectivity index (χ0v) is 19.2. The van der Waals surface area contributed by atoms with Crippen molar-refractivity contribution >= 4 is 39.3 Å². The number of carbonyl (C=O) groups excluding carboxylic acids is 1. The van der Waals surface area contributed by atoms with Crippen LogP contribution < -0.4 is 5.32 Å². The number of hydrogen-bond acceptors (Lipinski definition) is 4. The highest BCUT2D eigenvalue weighted by atomic mass is 35.5. The minimum atomic E-state index is -3.84. The molecule has 0 bridgehead atoms. The number of rotatable bonds is 8. The number of halogens is 1. The van der Waals surface area contributed by atoms with Gasteiger partial charge >= 0.3 is 0 Å². The summed E-state index contributed by atoms with van der Waals surface area (Å²) >= 11 is 5.88. The van der Waals surface area contributed by atoms with Gasteiger partial charge in [0, 0.05) is 29.3 Å². The lowest BCUT2D eigenvalue weighted by Gasteiger charge is -2.23. The van der Waals surface area contributed by atoms with Crippen LogP contribution in [0.1, 0.15) is 29.5 Å². The highest BCUT2D eigenvalue weighted by Gasteiger charge is 2.28. The maximum Gasteiger partial charge on any atom is 0.239 e. The average Bonchev–Trinajstić information content (AvgIpc) is 3.24. The molecule has 1 aliphatic rings. The van der Waals surface area contributed by atoms with Crippen LogP contribution >= 0.6 is 11.6 Å². The van der Waals surface area contributed by atoms with Gasteiger partial charge in [-0.3, -0.25) is 4.79 Å². The van der Waals surface area contributed by atoms with Gasteiger partial charge < -0.3 is 10.1 Å². The summed E-state index contributed by atoms with van der Waals surface area (Å²) in [6, 6.07) is 12.5. The minimum Gasteiger partial charge on any atom is -0.377 e. The van der Waals surface area contributed by atoms with Gasteiger partial charge in [0.2, 0.25) is 15.9 Å². The number of aryl methyl sites for hydroxylation is 1. The second-order valence-corrected chi connectivity index (χ2v) is 9.88. The van der Waals surface area contributed by atoms with Gasteiger partial charge in [-0.15, -0.1) is 0 Å². The van der Waals surface area contributed by atoms with Gasteiger partial charge in [-0.2, -0.15) is 4.31 Å². The van der Waals surface area contributed by atoms with E-state index in [1.165, 1.54) is 10.4 Å². The molecule has 0 saturated carbocycles. The van der Waals surface area contributed by atoms with Crippen LogP contribution in [-0.4, -0.2) is 44.4 Å². The predicted molar refractivity (Wildman–Crippen MR) is 124 cm³/mol. The summed E-state index contributed by atoms with van der Waals surface area (Å²) in [4.78, 5) is 12.7. The maximum absolute atomic E-state index is 13.0. The standard InChI is InChI=1S/C23H27ClN2O4S/c1-17-5-3-7-22(18(17)2)25-23(27)16-26(15-21-6-4-13-30-21)31(28,29)14-12-19-8-10-20(24)11-9-19/h3,5,7-12,14,21H,4,6,13,15-16H2,1-2H3,(H,25,27). The number of sulfonamides is 1. The molecule has 2 aromatic rings. The van der Waals surface area contributed by atoms with E-state index in [1.54, 1.807) is 30.3 Å². The molecular formula is C23H27ClN2O4S. The lowest BCUT2D eigenvalue weighted by Crippen LogP contribution is -2.41. The Labute approximate surface area is 188 Å². The van der Waals surface area contributed by atoms with Crippen molar-refractivity contribution in [2.45, 2.75) is 32.8 Å². The molecule has 1 atom stereocenters. The van der Waals surface area contributed by atoms with E-state index in [-0.39, 0.29) is 19.2 Å². The van der Waals surface area contributed by atoms with Crippen molar-refractivity contribution in [1.82, 2.24) is 4.31 Å². The zero-order chi connectivity index (χ0) is 22.4. The number of nitrogens with one attached hydrogen (secondary N) is 1. The molecule has 1 amide bonds. The molecule has 166 valence electrons. The molecule has 3 rings (SSSR count). The summed E-state index contributed by atoms with van der Waals surface area (Å²) in [6.07, 6.45) is 2.93. The first-order valence-corrected chi connectivity index (χ1v) is 12.0. The van der Waals surface area contributed by atoms with Gasteiger partial charge in [0.1, 0.15) is 0 Å². The van der Waals surface area contributed by atoms with Crippen molar-refractivity contribution < 1.29 is 17.9 Å². The van der Waals surface area contributed by atoms with Crippen molar-refractivity contribution in [2.75, 3.05) is 25.0 Å². The highest BCUT2D eigenvalue weighted by molar-refractivity contribution is 7.92. The molecule has 6 nitrogen and oxygen atoms in total. The zero-order valence-electron chi connectivity index (χ0n) is 17.7. The van der Waals surface area contributed by atoms with Crippen LogP contribution in [0.25, 0.3) is 6.08 Å². The fourth-order valence-corrected chi connectivity index (χ4v) is 4.63. The summed E-state index contributed by atoms with van der Waals surface area (Å²) in [6.45, 7) is 4.32.